The van der Waals surface area contributed by atoms with Crippen LogP contribution >= 0.6 is 0 Å². The van der Waals surface area contributed by atoms with Crippen LogP contribution in [0.5, 0.6) is 0 Å². The van der Waals surface area contributed by atoms with Crippen LogP contribution in [-0.4, -0.2) is 20.9 Å². The lowest BCUT2D eigenvalue weighted by molar-refractivity contribution is -0.0159. The minimum Gasteiger partial charge on any atom is -0.330 e. The van der Waals surface area contributed by atoms with Gasteiger partial charge in [-0.3, -0.25) is 9.38 Å². The Bertz CT molecular complexity index is 466. The monoisotopic (exact) mass is 212 g/mol. The van der Waals surface area contributed by atoms with E-state index in [0.717, 1.165) is 6.20 Å². The normalized spacial score (nSPS) is 12.2. The minimum absolute atomic E-state index is 0.0642. The van der Waals surface area contributed by atoms with E-state index in [4.69, 9.17) is 5.73 Å². The summed E-state index contributed by atoms with van der Waals surface area (Å²) >= 11 is 0. The van der Waals surface area contributed by atoms with Crippen LogP contribution in [0.4, 0.5) is 8.78 Å². The van der Waals surface area contributed by atoms with E-state index >= 15 is 0 Å². The highest BCUT2D eigenvalue weighted by molar-refractivity contribution is 5.38. The van der Waals surface area contributed by atoms with E-state index in [1.165, 1.54) is 23.0 Å². The van der Waals surface area contributed by atoms with Crippen LogP contribution in [0.15, 0.2) is 24.8 Å². The average molecular weight is 212 g/mol. The molecule has 80 valence electrons. The Morgan fingerprint density at radius 1 is 1.40 bits per heavy atom. The standard InChI is InChI=1S/C9H10F2N4/c10-9(11,1-2-12)7-5-14-8-6-13-3-4-15(7)8/h3-6H,1-2,12H2. The van der Waals surface area contributed by atoms with Crippen LogP contribution < -0.4 is 5.73 Å². The van der Waals surface area contributed by atoms with Crippen molar-refractivity contribution < 1.29 is 8.78 Å². The zero-order valence-electron chi connectivity index (χ0n) is 7.90. The second-order valence-corrected chi connectivity index (χ2v) is 3.19. The predicted octanol–water partition coefficient (Wildman–Crippen LogP) is 1.17. The second-order valence-electron chi connectivity index (χ2n) is 3.19. The number of hydrogen-bond donors (Lipinski definition) is 1. The Hall–Kier alpha value is -1.56. The van der Waals surface area contributed by atoms with E-state index in [-0.39, 0.29) is 18.7 Å². The van der Waals surface area contributed by atoms with E-state index < -0.39 is 5.92 Å². The van der Waals surface area contributed by atoms with Crippen LogP contribution in [0.2, 0.25) is 0 Å². The fourth-order valence-corrected chi connectivity index (χ4v) is 1.42. The first kappa shape index (κ1) is 9.97. The minimum atomic E-state index is -2.95. The van der Waals surface area contributed by atoms with Crippen molar-refractivity contribution in [2.75, 3.05) is 6.54 Å². The maximum absolute atomic E-state index is 13.6. The molecule has 0 aliphatic rings. The summed E-state index contributed by atoms with van der Waals surface area (Å²) in [5.74, 6) is -2.95. The molecule has 0 aliphatic heterocycles. The van der Waals surface area contributed by atoms with E-state index in [2.05, 4.69) is 9.97 Å². The molecule has 6 heteroatoms. The van der Waals surface area contributed by atoms with Gasteiger partial charge in [-0.15, -0.1) is 0 Å². The fraction of sp³-hybridized carbons (Fsp3) is 0.333. The number of nitrogens with zero attached hydrogens (tertiary/aromatic N) is 3. The van der Waals surface area contributed by atoms with Crippen molar-refractivity contribution in [3.05, 3.63) is 30.5 Å². The zero-order valence-corrected chi connectivity index (χ0v) is 7.90. The van der Waals surface area contributed by atoms with Gasteiger partial charge in [-0.25, -0.2) is 4.98 Å². The van der Waals surface area contributed by atoms with E-state index in [9.17, 15) is 8.78 Å². The molecule has 2 N–H and O–H groups in total. The summed E-state index contributed by atoms with van der Waals surface area (Å²) in [6.07, 6.45) is 5.11. The predicted molar refractivity (Wildman–Crippen MR) is 50.6 cm³/mol. The molecule has 0 aliphatic carbocycles. The van der Waals surface area contributed by atoms with Crippen molar-refractivity contribution in [2.24, 2.45) is 5.73 Å². The first-order chi connectivity index (χ1) is 7.15. The third-order valence-electron chi connectivity index (χ3n) is 2.15. The number of fused-ring (bicyclic) bond motifs is 1. The summed E-state index contributed by atoms with van der Waals surface area (Å²) in [6.45, 7) is -0.0642. The van der Waals surface area contributed by atoms with Gasteiger partial charge in [-0.1, -0.05) is 0 Å². The Labute approximate surface area is 84.8 Å². The van der Waals surface area contributed by atoms with Gasteiger partial charge in [-0.2, -0.15) is 8.78 Å². The Morgan fingerprint density at radius 3 is 2.93 bits per heavy atom. The van der Waals surface area contributed by atoms with E-state index in [1.807, 2.05) is 0 Å². The lowest BCUT2D eigenvalue weighted by atomic mass is 10.2. The molecule has 0 amide bonds. The molecule has 0 unspecified atom stereocenters. The van der Waals surface area contributed by atoms with Crippen LogP contribution in [0, 0.1) is 0 Å². The van der Waals surface area contributed by atoms with Crippen molar-refractivity contribution in [3.8, 4) is 0 Å². The van der Waals surface area contributed by atoms with Crippen LogP contribution in [-0.2, 0) is 5.92 Å². The quantitative estimate of drug-likeness (QED) is 0.830. The Morgan fingerprint density at radius 2 is 2.20 bits per heavy atom. The molecule has 0 saturated heterocycles. The van der Waals surface area contributed by atoms with Gasteiger partial charge in [0.15, 0.2) is 5.65 Å². The number of aromatic nitrogens is 3. The average Bonchev–Trinajstić information content (AvgIpc) is 2.61. The highest BCUT2D eigenvalue weighted by Crippen LogP contribution is 2.31. The highest BCUT2D eigenvalue weighted by atomic mass is 19.3. The zero-order chi connectivity index (χ0) is 10.9. The number of hydrogen-bond acceptors (Lipinski definition) is 3. The first-order valence-electron chi connectivity index (χ1n) is 4.50. The third kappa shape index (κ3) is 1.68. The second kappa shape index (κ2) is 3.54. The molecule has 0 radical (unpaired) electrons. The van der Waals surface area contributed by atoms with Gasteiger partial charge in [0.05, 0.1) is 12.4 Å². The molecule has 0 bridgehead atoms. The summed E-state index contributed by atoms with van der Waals surface area (Å²) < 4.78 is 28.4. The molecular weight excluding hydrogens is 202 g/mol. The summed E-state index contributed by atoms with van der Waals surface area (Å²) in [7, 11) is 0. The molecule has 2 aromatic heterocycles. The Kier molecular flexibility index (Phi) is 2.36. The number of nitrogens with two attached hydrogens (primary N) is 1. The fourth-order valence-electron chi connectivity index (χ4n) is 1.42. The van der Waals surface area contributed by atoms with Gasteiger partial charge in [0, 0.05) is 18.8 Å². The third-order valence-corrected chi connectivity index (χ3v) is 2.15. The first-order valence-corrected chi connectivity index (χ1v) is 4.50. The van der Waals surface area contributed by atoms with E-state index in [1.54, 1.807) is 0 Å². The number of rotatable bonds is 3. The van der Waals surface area contributed by atoms with Crippen LogP contribution in [0.1, 0.15) is 12.1 Å². The van der Waals surface area contributed by atoms with Crippen LogP contribution in [0.3, 0.4) is 0 Å². The highest BCUT2D eigenvalue weighted by Gasteiger charge is 2.33. The van der Waals surface area contributed by atoms with Gasteiger partial charge < -0.3 is 5.73 Å². The van der Waals surface area contributed by atoms with Crippen LogP contribution in [0.25, 0.3) is 5.65 Å². The largest absolute Gasteiger partial charge is 0.330 e. The molecule has 0 atom stereocenters. The van der Waals surface area contributed by atoms with Crippen molar-refractivity contribution in [1.29, 1.82) is 0 Å². The maximum Gasteiger partial charge on any atom is 0.290 e. The molecule has 0 saturated carbocycles. The number of imidazole rings is 1. The maximum atomic E-state index is 13.6. The SMILES string of the molecule is NCCC(F)(F)c1cnc2cnccn12. The lowest BCUT2D eigenvalue weighted by Gasteiger charge is -2.14. The molecule has 0 fully saturated rings. The van der Waals surface area contributed by atoms with Gasteiger partial charge >= 0.3 is 0 Å². The van der Waals surface area contributed by atoms with Gasteiger partial charge in [0.1, 0.15) is 5.69 Å². The molecule has 2 rings (SSSR count). The summed E-state index contributed by atoms with van der Waals surface area (Å²) in [5, 5.41) is 0. The smallest absolute Gasteiger partial charge is 0.290 e. The molecular formula is C9H10F2N4. The molecule has 15 heavy (non-hydrogen) atoms. The lowest BCUT2D eigenvalue weighted by Crippen LogP contribution is -2.20. The van der Waals surface area contributed by atoms with Crippen molar-refractivity contribution in [2.45, 2.75) is 12.3 Å². The van der Waals surface area contributed by atoms with Crippen molar-refractivity contribution >= 4 is 5.65 Å². The Balaban J connectivity index is 2.52. The van der Waals surface area contributed by atoms with Crippen molar-refractivity contribution in [1.82, 2.24) is 14.4 Å². The molecule has 2 aromatic rings. The van der Waals surface area contributed by atoms with Gasteiger partial charge in [0.25, 0.3) is 5.92 Å². The number of alkyl halides is 2. The molecule has 0 spiro atoms. The van der Waals surface area contributed by atoms with Gasteiger partial charge in [-0.05, 0) is 6.54 Å². The summed E-state index contributed by atoms with van der Waals surface area (Å²) in [6, 6.07) is 0. The summed E-state index contributed by atoms with van der Waals surface area (Å²) in [4.78, 5) is 7.65. The van der Waals surface area contributed by atoms with Gasteiger partial charge in [0.2, 0.25) is 0 Å². The number of halogens is 2. The van der Waals surface area contributed by atoms with Crippen molar-refractivity contribution in [3.63, 3.8) is 0 Å². The molecule has 4 nitrogen and oxygen atoms in total. The van der Waals surface area contributed by atoms with E-state index in [0.29, 0.717) is 5.65 Å². The topological polar surface area (TPSA) is 56.2 Å². The summed E-state index contributed by atoms with van der Waals surface area (Å²) in [5.41, 5.74) is 5.40. The molecule has 2 heterocycles. The molecule has 0 aromatic carbocycles.